The molecule has 0 saturated carbocycles. The molecule has 0 spiro atoms. The average Bonchev–Trinajstić information content (AvgIpc) is 2.48. The fourth-order valence-electron chi connectivity index (χ4n) is 1.77. The summed E-state index contributed by atoms with van der Waals surface area (Å²) >= 11 is 0. The van der Waals surface area contributed by atoms with Crippen LogP contribution in [-0.2, 0) is 20.9 Å². The van der Waals surface area contributed by atoms with Crippen molar-refractivity contribution in [1.29, 1.82) is 0 Å². The number of esters is 1. The van der Waals surface area contributed by atoms with Crippen molar-refractivity contribution in [2.45, 2.75) is 38.9 Å². The molecule has 0 amide bonds. The predicted octanol–water partition coefficient (Wildman–Crippen LogP) is 2.85. The van der Waals surface area contributed by atoms with Crippen molar-refractivity contribution in [1.82, 2.24) is 0 Å². The summed E-state index contributed by atoms with van der Waals surface area (Å²) < 4.78 is 10.4. The van der Waals surface area contributed by atoms with E-state index in [2.05, 4.69) is 6.58 Å². The van der Waals surface area contributed by atoms with Gasteiger partial charge < -0.3 is 14.6 Å². The van der Waals surface area contributed by atoms with E-state index in [-0.39, 0.29) is 12.6 Å². The van der Waals surface area contributed by atoms with Gasteiger partial charge in [-0.05, 0) is 30.4 Å². The Bertz CT molecular complexity index is 428. The van der Waals surface area contributed by atoms with Crippen molar-refractivity contribution < 1.29 is 19.4 Å². The van der Waals surface area contributed by atoms with Crippen molar-refractivity contribution in [2.24, 2.45) is 0 Å². The van der Waals surface area contributed by atoms with Gasteiger partial charge in [-0.2, -0.15) is 0 Å². The van der Waals surface area contributed by atoms with E-state index in [1.54, 1.807) is 0 Å². The number of ether oxygens (including phenoxy) is 2. The molecule has 1 rings (SSSR count). The number of aliphatic hydroxyl groups is 1. The van der Waals surface area contributed by atoms with Crippen molar-refractivity contribution in [3.05, 3.63) is 48.0 Å². The van der Waals surface area contributed by atoms with Crippen LogP contribution in [0.4, 0.5) is 0 Å². The molecule has 0 aliphatic heterocycles. The zero-order chi connectivity index (χ0) is 15.5. The highest BCUT2D eigenvalue weighted by Crippen LogP contribution is 2.09. The predicted molar refractivity (Wildman–Crippen MR) is 81.7 cm³/mol. The zero-order valence-electron chi connectivity index (χ0n) is 12.6. The van der Waals surface area contributed by atoms with Gasteiger partial charge in [0.05, 0.1) is 12.7 Å². The number of aliphatic hydroxyl groups excluding tert-OH is 1. The molecule has 116 valence electrons. The Labute approximate surface area is 126 Å². The largest absolute Gasteiger partial charge is 0.461 e. The van der Waals surface area contributed by atoms with Crippen LogP contribution in [0.1, 0.15) is 31.7 Å². The van der Waals surface area contributed by atoms with E-state index in [4.69, 9.17) is 9.47 Å². The highest BCUT2D eigenvalue weighted by molar-refractivity contribution is 5.66. The third-order valence-corrected chi connectivity index (χ3v) is 3.02. The van der Waals surface area contributed by atoms with Crippen molar-refractivity contribution in [3.63, 3.8) is 0 Å². The summed E-state index contributed by atoms with van der Waals surface area (Å²) in [5.74, 6) is -0.314. The van der Waals surface area contributed by atoms with Gasteiger partial charge in [-0.3, -0.25) is 4.79 Å². The van der Waals surface area contributed by atoms with E-state index in [0.717, 1.165) is 11.1 Å². The highest BCUT2D eigenvalue weighted by atomic mass is 16.5. The molecule has 1 aromatic carbocycles. The summed E-state index contributed by atoms with van der Waals surface area (Å²) in [4.78, 5) is 10.6. The maximum Gasteiger partial charge on any atom is 0.302 e. The van der Waals surface area contributed by atoms with Gasteiger partial charge in [0.15, 0.2) is 0 Å². The summed E-state index contributed by atoms with van der Waals surface area (Å²) in [6, 6.07) is 9.94. The Morgan fingerprint density at radius 1 is 1.29 bits per heavy atom. The SMILES string of the molecule is C=C(CCC(O)CCOCc1ccccc1)COC(C)=O. The molecule has 1 atom stereocenters. The third-order valence-electron chi connectivity index (χ3n) is 3.02. The summed E-state index contributed by atoms with van der Waals surface area (Å²) in [7, 11) is 0. The highest BCUT2D eigenvalue weighted by Gasteiger charge is 2.06. The molecule has 1 unspecified atom stereocenters. The fraction of sp³-hybridized carbons (Fsp3) is 0.471. The Morgan fingerprint density at radius 3 is 2.67 bits per heavy atom. The molecular weight excluding hydrogens is 268 g/mol. The van der Waals surface area contributed by atoms with Crippen LogP contribution in [0, 0.1) is 0 Å². The number of carbonyl (C=O) groups excluding carboxylic acids is 1. The number of hydrogen-bond acceptors (Lipinski definition) is 4. The molecule has 4 heteroatoms. The second-order valence-electron chi connectivity index (χ2n) is 5.05. The molecule has 0 aliphatic rings. The van der Waals surface area contributed by atoms with E-state index < -0.39 is 6.10 Å². The van der Waals surface area contributed by atoms with Crippen LogP contribution in [-0.4, -0.2) is 30.4 Å². The van der Waals surface area contributed by atoms with E-state index in [0.29, 0.717) is 32.5 Å². The normalized spacial score (nSPS) is 11.9. The first-order chi connectivity index (χ1) is 10.1. The van der Waals surface area contributed by atoms with Gasteiger partial charge in [-0.1, -0.05) is 36.9 Å². The van der Waals surface area contributed by atoms with E-state index in [1.807, 2.05) is 30.3 Å². The molecule has 0 saturated heterocycles. The van der Waals surface area contributed by atoms with Gasteiger partial charge in [-0.25, -0.2) is 0 Å². The first-order valence-corrected chi connectivity index (χ1v) is 7.17. The molecule has 1 N–H and O–H groups in total. The van der Waals surface area contributed by atoms with Crippen molar-refractivity contribution in [3.8, 4) is 0 Å². The van der Waals surface area contributed by atoms with E-state index in [9.17, 15) is 9.90 Å². The Balaban J connectivity index is 2.04. The van der Waals surface area contributed by atoms with Crippen LogP contribution in [0.5, 0.6) is 0 Å². The van der Waals surface area contributed by atoms with Gasteiger partial charge >= 0.3 is 5.97 Å². The molecule has 4 nitrogen and oxygen atoms in total. The molecule has 0 radical (unpaired) electrons. The van der Waals surface area contributed by atoms with Crippen LogP contribution < -0.4 is 0 Å². The summed E-state index contributed by atoms with van der Waals surface area (Å²) in [5.41, 5.74) is 1.94. The number of benzene rings is 1. The van der Waals surface area contributed by atoms with Crippen LogP contribution in [0.25, 0.3) is 0 Å². The Hall–Kier alpha value is -1.65. The minimum Gasteiger partial charge on any atom is -0.461 e. The van der Waals surface area contributed by atoms with Gasteiger partial charge in [0.2, 0.25) is 0 Å². The van der Waals surface area contributed by atoms with Crippen LogP contribution >= 0.6 is 0 Å². The lowest BCUT2D eigenvalue weighted by Gasteiger charge is -2.12. The molecule has 0 aliphatic carbocycles. The molecule has 21 heavy (non-hydrogen) atoms. The third kappa shape index (κ3) is 9.00. The smallest absolute Gasteiger partial charge is 0.302 e. The van der Waals surface area contributed by atoms with Gasteiger partial charge in [-0.15, -0.1) is 0 Å². The second kappa shape index (κ2) is 10.1. The molecule has 1 aromatic rings. The van der Waals surface area contributed by atoms with Gasteiger partial charge in [0.25, 0.3) is 0 Å². The summed E-state index contributed by atoms with van der Waals surface area (Å²) in [6.07, 6.45) is 1.42. The Morgan fingerprint density at radius 2 is 2.00 bits per heavy atom. The monoisotopic (exact) mass is 292 g/mol. The van der Waals surface area contributed by atoms with Gasteiger partial charge in [0, 0.05) is 13.5 Å². The lowest BCUT2D eigenvalue weighted by atomic mass is 10.1. The molecule has 0 heterocycles. The molecule has 0 bridgehead atoms. The second-order valence-corrected chi connectivity index (χ2v) is 5.05. The lowest BCUT2D eigenvalue weighted by Crippen LogP contribution is -2.12. The first kappa shape index (κ1) is 17.4. The lowest BCUT2D eigenvalue weighted by molar-refractivity contribution is -0.140. The summed E-state index contributed by atoms with van der Waals surface area (Å²) in [6.45, 7) is 6.49. The number of carbonyl (C=O) groups is 1. The van der Waals surface area contributed by atoms with Crippen LogP contribution in [0.15, 0.2) is 42.5 Å². The fourth-order valence-corrected chi connectivity index (χ4v) is 1.77. The zero-order valence-corrected chi connectivity index (χ0v) is 12.6. The standard InChI is InChI=1S/C17H24O4/c1-14(12-21-15(2)18)8-9-17(19)10-11-20-13-16-6-4-3-5-7-16/h3-7,17,19H,1,8-13H2,2H3. The summed E-state index contributed by atoms with van der Waals surface area (Å²) in [5, 5.41) is 9.84. The number of hydrogen-bond donors (Lipinski definition) is 1. The minimum absolute atomic E-state index is 0.229. The molecule has 0 aromatic heterocycles. The average molecular weight is 292 g/mol. The van der Waals surface area contributed by atoms with Crippen LogP contribution in [0.3, 0.4) is 0 Å². The van der Waals surface area contributed by atoms with Crippen molar-refractivity contribution in [2.75, 3.05) is 13.2 Å². The first-order valence-electron chi connectivity index (χ1n) is 7.17. The van der Waals surface area contributed by atoms with Crippen molar-refractivity contribution >= 4 is 5.97 Å². The maximum atomic E-state index is 10.6. The van der Waals surface area contributed by atoms with Gasteiger partial charge in [0.1, 0.15) is 6.61 Å². The maximum absolute atomic E-state index is 10.6. The Kier molecular flexibility index (Phi) is 8.40. The molecular formula is C17H24O4. The number of rotatable bonds is 10. The minimum atomic E-state index is -0.421. The van der Waals surface area contributed by atoms with Crippen LogP contribution in [0.2, 0.25) is 0 Å². The topological polar surface area (TPSA) is 55.8 Å². The van der Waals surface area contributed by atoms with E-state index in [1.165, 1.54) is 6.92 Å². The van der Waals surface area contributed by atoms with E-state index >= 15 is 0 Å². The molecule has 0 fully saturated rings. The quantitative estimate of drug-likeness (QED) is 0.409.